The zero-order chi connectivity index (χ0) is 17.9. The minimum Gasteiger partial charge on any atom is -0.493 e. The fraction of sp³-hybridized carbons (Fsp3) is 0.529. The molecule has 3 N–H and O–H groups in total. The standard InChI is InChI=1S/C17H28N4O3/c1-6-24-14-8-7-13(11-15(14)23-5)21-17(18-4)19-10-9-16(22)20-12(2)3/h7-8,11-12H,6,9-10H2,1-5H3,(H,20,22)(H2,18,19,21). The summed E-state index contributed by atoms with van der Waals surface area (Å²) in [5.74, 6) is 1.93. The summed E-state index contributed by atoms with van der Waals surface area (Å²) in [6.07, 6.45) is 0.380. The van der Waals surface area contributed by atoms with E-state index < -0.39 is 0 Å². The lowest BCUT2D eigenvalue weighted by atomic mass is 10.2. The summed E-state index contributed by atoms with van der Waals surface area (Å²) in [6, 6.07) is 5.70. The first-order valence-electron chi connectivity index (χ1n) is 8.08. The monoisotopic (exact) mass is 336 g/mol. The molecule has 1 aromatic rings. The van der Waals surface area contributed by atoms with Gasteiger partial charge in [0.15, 0.2) is 17.5 Å². The first kappa shape index (κ1) is 19.6. The van der Waals surface area contributed by atoms with Gasteiger partial charge in [0.25, 0.3) is 0 Å². The molecule has 24 heavy (non-hydrogen) atoms. The molecular weight excluding hydrogens is 308 g/mol. The molecule has 7 nitrogen and oxygen atoms in total. The summed E-state index contributed by atoms with van der Waals surface area (Å²) in [6.45, 7) is 6.86. The SMILES string of the molecule is CCOc1ccc(NC(=NC)NCCC(=O)NC(C)C)cc1OC. The van der Waals surface area contributed by atoms with E-state index in [2.05, 4.69) is 20.9 Å². The van der Waals surface area contributed by atoms with Gasteiger partial charge in [0.05, 0.1) is 13.7 Å². The number of nitrogens with one attached hydrogen (secondary N) is 3. The molecule has 0 aliphatic rings. The van der Waals surface area contributed by atoms with Crippen LogP contribution in [0.1, 0.15) is 27.2 Å². The van der Waals surface area contributed by atoms with E-state index >= 15 is 0 Å². The molecule has 0 saturated carbocycles. The Morgan fingerprint density at radius 2 is 2.04 bits per heavy atom. The van der Waals surface area contributed by atoms with E-state index in [0.29, 0.717) is 37.0 Å². The average Bonchev–Trinajstić information content (AvgIpc) is 2.54. The highest BCUT2D eigenvalue weighted by molar-refractivity contribution is 5.94. The Kier molecular flexibility index (Phi) is 8.46. The lowest BCUT2D eigenvalue weighted by Gasteiger charge is -2.15. The van der Waals surface area contributed by atoms with E-state index in [1.54, 1.807) is 14.2 Å². The molecule has 0 heterocycles. The number of aliphatic imine (C=N–C) groups is 1. The minimum atomic E-state index is 0.00990. The van der Waals surface area contributed by atoms with Crippen molar-refractivity contribution in [3.05, 3.63) is 18.2 Å². The predicted octanol–water partition coefficient (Wildman–Crippen LogP) is 2.00. The Bertz CT molecular complexity index is 559. The smallest absolute Gasteiger partial charge is 0.221 e. The highest BCUT2D eigenvalue weighted by atomic mass is 16.5. The molecule has 0 atom stereocenters. The van der Waals surface area contributed by atoms with Crippen molar-refractivity contribution in [1.82, 2.24) is 10.6 Å². The molecule has 7 heteroatoms. The van der Waals surface area contributed by atoms with Crippen molar-refractivity contribution in [1.29, 1.82) is 0 Å². The zero-order valence-corrected chi connectivity index (χ0v) is 15.1. The van der Waals surface area contributed by atoms with Crippen molar-refractivity contribution in [2.75, 3.05) is 32.6 Å². The van der Waals surface area contributed by atoms with Gasteiger partial charge in [-0.15, -0.1) is 0 Å². The van der Waals surface area contributed by atoms with E-state index in [9.17, 15) is 4.79 Å². The Hall–Kier alpha value is -2.44. The second-order valence-electron chi connectivity index (χ2n) is 5.39. The number of amides is 1. The summed E-state index contributed by atoms with van der Waals surface area (Å²) < 4.78 is 10.8. The Morgan fingerprint density at radius 1 is 1.29 bits per heavy atom. The summed E-state index contributed by atoms with van der Waals surface area (Å²) >= 11 is 0. The van der Waals surface area contributed by atoms with Crippen LogP contribution >= 0.6 is 0 Å². The van der Waals surface area contributed by atoms with Crippen LogP contribution in [0.4, 0.5) is 5.69 Å². The van der Waals surface area contributed by atoms with Crippen LogP contribution in [0.2, 0.25) is 0 Å². The van der Waals surface area contributed by atoms with Crippen LogP contribution in [0.25, 0.3) is 0 Å². The second-order valence-corrected chi connectivity index (χ2v) is 5.39. The first-order valence-corrected chi connectivity index (χ1v) is 8.08. The van der Waals surface area contributed by atoms with Crippen LogP contribution in [0, 0.1) is 0 Å². The van der Waals surface area contributed by atoms with Gasteiger partial charge in [0.1, 0.15) is 0 Å². The molecule has 134 valence electrons. The van der Waals surface area contributed by atoms with Crippen LogP contribution in [-0.4, -0.2) is 45.2 Å². The van der Waals surface area contributed by atoms with E-state index in [-0.39, 0.29) is 11.9 Å². The van der Waals surface area contributed by atoms with Gasteiger partial charge in [-0.25, -0.2) is 0 Å². The van der Waals surface area contributed by atoms with Gasteiger partial charge < -0.3 is 25.4 Å². The molecule has 0 bridgehead atoms. The number of anilines is 1. The van der Waals surface area contributed by atoms with E-state index in [4.69, 9.17) is 9.47 Å². The van der Waals surface area contributed by atoms with Gasteiger partial charge >= 0.3 is 0 Å². The van der Waals surface area contributed by atoms with Gasteiger partial charge in [-0.3, -0.25) is 9.79 Å². The van der Waals surface area contributed by atoms with Gasteiger partial charge in [-0.05, 0) is 32.9 Å². The van der Waals surface area contributed by atoms with Crippen LogP contribution in [0.3, 0.4) is 0 Å². The highest BCUT2D eigenvalue weighted by Crippen LogP contribution is 2.30. The third kappa shape index (κ3) is 6.76. The summed E-state index contributed by atoms with van der Waals surface area (Å²) in [4.78, 5) is 15.8. The number of carbonyl (C=O) groups is 1. The average molecular weight is 336 g/mol. The van der Waals surface area contributed by atoms with Crippen molar-refractivity contribution in [2.45, 2.75) is 33.2 Å². The number of guanidine groups is 1. The Morgan fingerprint density at radius 3 is 2.62 bits per heavy atom. The number of hydrogen-bond acceptors (Lipinski definition) is 4. The predicted molar refractivity (Wildman–Crippen MR) is 97.0 cm³/mol. The van der Waals surface area contributed by atoms with Crippen LogP contribution < -0.4 is 25.4 Å². The minimum absolute atomic E-state index is 0.00990. The molecule has 1 aromatic carbocycles. The van der Waals surface area contributed by atoms with Gasteiger partial charge in [-0.1, -0.05) is 0 Å². The number of ether oxygens (including phenoxy) is 2. The van der Waals surface area contributed by atoms with Crippen molar-refractivity contribution >= 4 is 17.6 Å². The molecule has 1 rings (SSSR count). The maximum Gasteiger partial charge on any atom is 0.221 e. The molecule has 0 aromatic heterocycles. The summed E-state index contributed by atoms with van der Waals surface area (Å²) in [5, 5.41) is 9.11. The zero-order valence-electron chi connectivity index (χ0n) is 15.1. The van der Waals surface area contributed by atoms with E-state index in [1.165, 1.54) is 0 Å². The molecule has 1 amide bonds. The third-order valence-corrected chi connectivity index (χ3v) is 3.04. The second kappa shape index (κ2) is 10.4. The van der Waals surface area contributed by atoms with Crippen molar-refractivity contribution < 1.29 is 14.3 Å². The topological polar surface area (TPSA) is 84.0 Å². The number of rotatable bonds is 8. The Labute approximate surface area is 143 Å². The number of carbonyl (C=O) groups excluding carboxylic acids is 1. The third-order valence-electron chi connectivity index (χ3n) is 3.04. The van der Waals surface area contributed by atoms with Crippen LogP contribution in [0.15, 0.2) is 23.2 Å². The van der Waals surface area contributed by atoms with E-state index in [0.717, 1.165) is 5.69 Å². The fourth-order valence-corrected chi connectivity index (χ4v) is 2.02. The number of nitrogens with zero attached hydrogens (tertiary/aromatic N) is 1. The number of benzene rings is 1. The summed E-state index contributed by atoms with van der Waals surface area (Å²) in [5.41, 5.74) is 0.815. The van der Waals surface area contributed by atoms with Crippen molar-refractivity contribution in [3.8, 4) is 11.5 Å². The van der Waals surface area contributed by atoms with Crippen molar-refractivity contribution in [3.63, 3.8) is 0 Å². The maximum absolute atomic E-state index is 11.6. The lowest BCUT2D eigenvalue weighted by Crippen LogP contribution is -2.36. The summed E-state index contributed by atoms with van der Waals surface area (Å²) in [7, 11) is 3.28. The van der Waals surface area contributed by atoms with Crippen LogP contribution in [-0.2, 0) is 4.79 Å². The Balaban J connectivity index is 2.58. The normalized spacial score (nSPS) is 11.2. The molecule has 0 spiro atoms. The molecule has 0 fully saturated rings. The quantitative estimate of drug-likeness (QED) is 0.499. The molecular formula is C17H28N4O3. The fourth-order valence-electron chi connectivity index (χ4n) is 2.02. The highest BCUT2D eigenvalue weighted by Gasteiger charge is 2.08. The molecule has 0 aliphatic carbocycles. The number of methoxy groups -OCH3 is 1. The molecule has 0 radical (unpaired) electrons. The van der Waals surface area contributed by atoms with Gasteiger partial charge in [0, 0.05) is 37.8 Å². The maximum atomic E-state index is 11.6. The lowest BCUT2D eigenvalue weighted by molar-refractivity contribution is -0.121. The molecule has 0 saturated heterocycles. The van der Waals surface area contributed by atoms with Crippen molar-refractivity contribution in [2.24, 2.45) is 4.99 Å². The van der Waals surface area contributed by atoms with Gasteiger partial charge in [0.2, 0.25) is 5.91 Å². The molecule has 0 aliphatic heterocycles. The van der Waals surface area contributed by atoms with Gasteiger partial charge in [-0.2, -0.15) is 0 Å². The van der Waals surface area contributed by atoms with E-state index in [1.807, 2.05) is 39.0 Å². The first-order chi connectivity index (χ1) is 11.5. The largest absolute Gasteiger partial charge is 0.493 e. The molecule has 0 unspecified atom stereocenters. The number of hydrogen-bond donors (Lipinski definition) is 3. The van der Waals surface area contributed by atoms with Crippen LogP contribution in [0.5, 0.6) is 11.5 Å².